The Morgan fingerprint density at radius 2 is 1.91 bits per heavy atom. The van der Waals surface area contributed by atoms with E-state index in [1.165, 1.54) is 37.4 Å². The fourth-order valence-corrected chi connectivity index (χ4v) is 4.22. The van der Waals surface area contributed by atoms with Crippen LogP contribution < -0.4 is 10.6 Å². The first-order valence-corrected chi connectivity index (χ1v) is 8.96. The Hall–Kier alpha value is -1.49. The molecule has 3 rings (SSSR count). The smallest absolute Gasteiger partial charge is 0.238 e. The zero-order chi connectivity index (χ0) is 15.4. The summed E-state index contributed by atoms with van der Waals surface area (Å²) in [6.07, 6.45) is 7.31. The summed E-state index contributed by atoms with van der Waals surface area (Å²) in [5.41, 5.74) is 0.845. The molecule has 1 atom stereocenters. The molecular weight excluding hydrogens is 296 g/mol. The first kappa shape index (κ1) is 15.4. The fraction of sp³-hybridized carbons (Fsp3) is 0.529. The molecule has 1 aliphatic heterocycles. The number of thioether (sulfide) groups is 1. The number of anilines is 1. The van der Waals surface area contributed by atoms with Crippen LogP contribution in [-0.2, 0) is 9.59 Å². The number of benzene rings is 1. The Morgan fingerprint density at radius 3 is 2.68 bits per heavy atom. The van der Waals surface area contributed by atoms with Gasteiger partial charge in [-0.25, -0.2) is 0 Å². The fourth-order valence-electron chi connectivity index (χ4n) is 3.11. The van der Waals surface area contributed by atoms with E-state index in [0.29, 0.717) is 6.04 Å². The van der Waals surface area contributed by atoms with Crippen molar-refractivity contribution in [1.29, 1.82) is 0 Å². The zero-order valence-electron chi connectivity index (χ0n) is 12.6. The lowest BCUT2D eigenvalue weighted by Gasteiger charge is -2.24. The summed E-state index contributed by atoms with van der Waals surface area (Å²) in [6, 6.07) is 8.02. The third kappa shape index (κ3) is 3.83. The van der Waals surface area contributed by atoms with E-state index in [4.69, 9.17) is 0 Å². The van der Waals surface area contributed by atoms with E-state index in [-0.39, 0.29) is 23.5 Å². The van der Waals surface area contributed by atoms with Crippen molar-refractivity contribution in [3.63, 3.8) is 0 Å². The average molecular weight is 318 g/mol. The lowest BCUT2D eigenvalue weighted by Crippen LogP contribution is -2.39. The first-order valence-electron chi connectivity index (χ1n) is 8.08. The van der Waals surface area contributed by atoms with Gasteiger partial charge in [0.1, 0.15) is 0 Å². The second-order valence-electron chi connectivity index (χ2n) is 6.05. The summed E-state index contributed by atoms with van der Waals surface area (Å²) in [4.78, 5) is 25.4. The molecule has 0 unspecified atom stereocenters. The van der Waals surface area contributed by atoms with Gasteiger partial charge >= 0.3 is 0 Å². The number of hydrogen-bond donors (Lipinski definition) is 2. The van der Waals surface area contributed by atoms with Crippen molar-refractivity contribution in [1.82, 2.24) is 5.32 Å². The number of rotatable bonds is 3. The molecular formula is C17H22N2O2S. The van der Waals surface area contributed by atoms with Gasteiger partial charge < -0.3 is 10.6 Å². The average Bonchev–Trinajstić information content (AvgIpc) is 2.76. The van der Waals surface area contributed by atoms with Crippen molar-refractivity contribution >= 4 is 29.3 Å². The first-order chi connectivity index (χ1) is 10.7. The number of fused-ring (bicyclic) bond motifs is 1. The number of para-hydroxylation sites is 1. The van der Waals surface area contributed by atoms with Gasteiger partial charge in [-0.05, 0) is 25.0 Å². The van der Waals surface area contributed by atoms with Crippen molar-refractivity contribution < 1.29 is 9.59 Å². The predicted octanol–water partition coefficient (Wildman–Crippen LogP) is 3.33. The van der Waals surface area contributed by atoms with Gasteiger partial charge in [0.2, 0.25) is 11.8 Å². The van der Waals surface area contributed by atoms with Crippen molar-refractivity contribution in [3.8, 4) is 0 Å². The standard InChI is InChI=1S/C17H22N2O2S/c20-16(18-12-7-3-1-2-4-8-12)11-15-17(21)19-13-9-5-6-10-14(13)22-15/h5-6,9-10,12,15H,1-4,7-8,11H2,(H,18,20)(H,19,21)/t15-/m1/s1. The van der Waals surface area contributed by atoms with Crippen LogP contribution in [0.1, 0.15) is 44.9 Å². The monoisotopic (exact) mass is 318 g/mol. The van der Waals surface area contributed by atoms with Crippen LogP contribution in [0.3, 0.4) is 0 Å². The Morgan fingerprint density at radius 1 is 1.18 bits per heavy atom. The highest BCUT2D eigenvalue weighted by Gasteiger charge is 2.29. The predicted molar refractivity (Wildman–Crippen MR) is 89.0 cm³/mol. The summed E-state index contributed by atoms with van der Waals surface area (Å²) >= 11 is 1.49. The molecule has 118 valence electrons. The lowest BCUT2D eigenvalue weighted by molar-refractivity contribution is -0.124. The van der Waals surface area contributed by atoms with Gasteiger partial charge in [-0.2, -0.15) is 0 Å². The Labute approximate surface area is 135 Å². The largest absolute Gasteiger partial charge is 0.353 e. The molecule has 2 aliphatic rings. The van der Waals surface area contributed by atoms with Crippen molar-refractivity contribution in [2.45, 2.75) is 61.1 Å². The summed E-state index contributed by atoms with van der Waals surface area (Å²) < 4.78 is 0. The molecule has 0 aromatic heterocycles. The third-order valence-electron chi connectivity index (χ3n) is 4.30. The third-order valence-corrected chi connectivity index (χ3v) is 5.57. The van der Waals surface area contributed by atoms with E-state index in [0.717, 1.165) is 23.4 Å². The Kier molecular flexibility index (Phi) is 5.03. The normalized spacial score (nSPS) is 22.4. The number of hydrogen-bond acceptors (Lipinski definition) is 3. The van der Waals surface area contributed by atoms with E-state index >= 15 is 0 Å². The molecule has 1 heterocycles. The minimum atomic E-state index is -0.333. The quantitative estimate of drug-likeness (QED) is 0.841. The van der Waals surface area contributed by atoms with Crippen molar-refractivity contribution in [2.24, 2.45) is 0 Å². The van der Waals surface area contributed by atoms with Crippen LogP contribution in [0.25, 0.3) is 0 Å². The molecule has 1 aromatic carbocycles. The van der Waals surface area contributed by atoms with Crippen LogP contribution in [-0.4, -0.2) is 23.1 Å². The molecule has 1 fully saturated rings. The zero-order valence-corrected chi connectivity index (χ0v) is 13.5. The second-order valence-corrected chi connectivity index (χ2v) is 7.30. The maximum absolute atomic E-state index is 12.2. The molecule has 1 saturated carbocycles. The SMILES string of the molecule is O=C(C[C@H]1Sc2ccccc2NC1=O)NC1CCCCCC1. The number of carbonyl (C=O) groups is 2. The highest BCUT2D eigenvalue weighted by atomic mass is 32.2. The summed E-state index contributed by atoms with van der Waals surface area (Å²) in [5, 5.41) is 5.67. The van der Waals surface area contributed by atoms with E-state index in [1.54, 1.807) is 0 Å². The second kappa shape index (κ2) is 7.18. The van der Waals surface area contributed by atoms with Gasteiger partial charge in [-0.1, -0.05) is 37.8 Å². The summed E-state index contributed by atoms with van der Waals surface area (Å²) in [5.74, 6) is -0.0707. The van der Waals surface area contributed by atoms with Gasteiger partial charge in [-0.3, -0.25) is 9.59 Å². The van der Waals surface area contributed by atoms with E-state index in [2.05, 4.69) is 10.6 Å². The van der Waals surface area contributed by atoms with Gasteiger partial charge in [0.25, 0.3) is 0 Å². The highest BCUT2D eigenvalue weighted by Crippen LogP contribution is 2.36. The van der Waals surface area contributed by atoms with Crippen LogP contribution in [0.4, 0.5) is 5.69 Å². The molecule has 5 heteroatoms. The Balaban J connectivity index is 1.56. The molecule has 0 bridgehead atoms. The van der Waals surface area contributed by atoms with Crippen LogP contribution >= 0.6 is 11.8 Å². The molecule has 0 spiro atoms. The van der Waals surface area contributed by atoms with Crippen LogP contribution in [0.2, 0.25) is 0 Å². The number of nitrogens with one attached hydrogen (secondary N) is 2. The molecule has 1 aliphatic carbocycles. The van der Waals surface area contributed by atoms with Gasteiger partial charge in [-0.15, -0.1) is 11.8 Å². The van der Waals surface area contributed by atoms with E-state index in [1.807, 2.05) is 24.3 Å². The molecule has 22 heavy (non-hydrogen) atoms. The van der Waals surface area contributed by atoms with Gasteiger partial charge in [0.05, 0.1) is 10.9 Å². The van der Waals surface area contributed by atoms with E-state index < -0.39 is 0 Å². The molecule has 2 N–H and O–H groups in total. The lowest BCUT2D eigenvalue weighted by atomic mass is 10.1. The topological polar surface area (TPSA) is 58.2 Å². The van der Waals surface area contributed by atoms with E-state index in [9.17, 15) is 9.59 Å². The number of carbonyl (C=O) groups excluding carboxylic acids is 2. The van der Waals surface area contributed by atoms with Gasteiger partial charge in [0, 0.05) is 17.4 Å². The molecule has 0 saturated heterocycles. The van der Waals surface area contributed by atoms with Crippen LogP contribution in [0, 0.1) is 0 Å². The summed E-state index contributed by atoms with van der Waals surface area (Å²) in [7, 11) is 0. The molecule has 0 radical (unpaired) electrons. The van der Waals surface area contributed by atoms with Crippen molar-refractivity contribution in [3.05, 3.63) is 24.3 Å². The molecule has 4 nitrogen and oxygen atoms in total. The number of amides is 2. The highest BCUT2D eigenvalue weighted by molar-refractivity contribution is 8.01. The molecule has 2 amide bonds. The Bertz CT molecular complexity index is 553. The maximum Gasteiger partial charge on any atom is 0.238 e. The minimum absolute atomic E-state index is 0.000990. The summed E-state index contributed by atoms with van der Waals surface area (Å²) in [6.45, 7) is 0. The van der Waals surface area contributed by atoms with Crippen molar-refractivity contribution in [2.75, 3.05) is 5.32 Å². The van der Waals surface area contributed by atoms with Crippen LogP contribution in [0.5, 0.6) is 0 Å². The van der Waals surface area contributed by atoms with Gasteiger partial charge in [0.15, 0.2) is 0 Å². The maximum atomic E-state index is 12.2. The minimum Gasteiger partial charge on any atom is -0.353 e. The van der Waals surface area contributed by atoms with Crippen LogP contribution in [0.15, 0.2) is 29.2 Å². The molecule has 1 aromatic rings.